The number of sulfonamides is 1. The van der Waals surface area contributed by atoms with Crippen LogP contribution in [0.1, 0.15) is 15.2 Å². The Labute approximate surface area is 97.1 Å². The molecule has 8 heteroatoms. The SMILES string of the molecule is CON(C)S(=O)(=O)c1cc(C)c(C(=O)O)s1. The van der Waals surface area contributed by atoms with Gasteiger partial charge in [0, 0.05) is 7.05 Å². The first-order chi connectivity index (χ1) is 7.30. The van der Waals surface area contributed by atoms with Crippen molar-refractivity contribution in [3.8, 4) is 0 Å². The molecule has 1 N–H and O–H groups in total. The minimum atomic E-state index is -3.76. The summed E-state index contributed by atoms with van der Waals surface area (Å²) in [6, 6.07) is 1.32. The van der Waals surface area contributed by atoms with E-state index in [4.69, 9.17) is 5.11 Å². The van der Waals surface area contributed by atoms with Crippen molar-refractivity contribution in [2.75, 3.05) is 14.2 Å². The molecular weight excluding hydrogens is 254 g/mol. The quantitative estimate of drug-likeness (QED) is 0.819. The van der Waals surface area contributed by atoms with Gasteiger partial charge in [-0.3, -0.25) is 4.84 Å². The molecule has 1 heterocycles. The maximum absolute atomic E-state index is 11.8. The van der Waals surface area contributed by atoms with Gasteiger partial charge < -0.3 is 5.11 Å². The van der Waals surface area contributed by atoms with Crippen LogP contribution >= 0.6 is 11.3 Å². The molecule has 0 saturated heterocycles. The molecule has 0 aliphatic heterocycles. The molecule has 16 heavy (non-hydrogen) atoms. The lowest BCUT2D eigenvalue weighted by molar-refractivity contribution is -0.0256. The van der Waals surface area contributed by atoms with Gasteiger partial charge in [-0.25, -0.2) is 13.2 Å². The summed E-state index contributed by atoms with van der Waals surface area (Å²) in [6.45, 7) is 1.55. The Morgan fingerprint density at radius 3 is 2.50 bits per heavy atom. The third-order valence-electron chi connectivity index (χ3n) is 1.94. The number of thiophene rings is 1. The highest BCUT2D eigenvalue weighted by Crippen LogP contribution is 2.27. The van der Waals surface area contributed by atoms with E-state index in [1.165, 1.54) is 20.2 Å². The molecule has 0 unspecified atom stereocenters. The summed E-state index contributed by atoms with van der Waals surface area (Å²) >= 11 is 0.709. The number of nitrogens with zero attached hydrogens (tertiary/aromatic N) is 1. The number of carbonyl (C=O) groups is 1. The van der Waals surface area contributed by atoms with Crippen LogP contribution in [0.15, 0.2) is 10.3 Å². The first-order valence-electron chi connectivity index (χ1n) is 4.17. The van der Waals surface area contributed by atoms with Gasteiger partial charge in [-0.15, -0.1) is 11.3 Å². The lowest BCUT2D eigenvalue weighted by Crippen LogP contribution is -2.24. The van der Waals surface area contributed by atoms with Crippen molar-refractivity contribution in [1.29, 1.82) is 0 Å². The number of hydrogen-bond donors (Lipinski definition) is 1. The summed E-state index contributed by atoms with van der Waals surface area (Å²) in [7, 11) is -1.30. The Balaban J connectivity index is 3.26. The van der Waals surface area contributed by atoms with Crippen molar-refractivity contribution in [2.45, 2.75) is 11.1 Å². The second-order valence-electron chi connectivity index (χ2n) is 2.98. The summed E-state index contributed by atoms with van der Waals surface area (Å²) in [6.07, 6.45) is 0. The highest BCUT2D eigenvalue weighted by Gasteiger charge is 2.25. The van der Waals surface area contributed by atoms with Gasteiger partial charge in [-0.1, -0.05) is 4.47 Å². The van der Waals surface area contributed by atoms with Gasteiger partial charge in [0.2, 0.25) is 0 Å². The van der Waals surface area contributed by atoms with Gasteiger partial charge in [0.05, 0.1) is 7.11 Å². The molecule has 6 nitrogen and oxygen atoms in total. The van der Waals surface area contributed by atoms with Gasteiger partial charge in [0.1, 0.15) is 9.09 Å². The standard InChI is InChI=1S/C8H11NO5S2/c1-5-4-6(15-7(5)8(10)11)16(12,13)9(2)14-3/h4H,1-3H3,(H,10,11). The number of aromatic carboxylic acids is 1. The fraction of sp³-hybridized carbons (Fsp3) is 0.375. The van der Waals surface area contributed by atoms with Crippen LogP contribution in [-0.4, -0.2) is 38.1 Å². The summed E-state index contributed by atoms with van der Waals surface area (Å²) in [5.74, 6) is -1.14. The Hall–Kier alpha value is -0.960. The highest BCUT2D eigenvalue weighted by atomic mass is 32.2. The van der Waals surface area contributed by atoms with E-state index < -0.39 is 16.0 Å². The normalized spacial score (nSPS) is 12.0. The topological polar surface area (TPSA) is 83.9 Å². The van der Waals surface area contributed by atoms with Crippen LogP contribution in [0.25, 0.3) is 0 Å². The second-order valence-corrected chi connectivity index (χ2v) is 6.19. The fourth-order valence-corrected chi connectivity index (χ4v) is 3.52. The average Bonchev–Trinajstić information content (AvgIpc) is 2.59. The van der Waals surface area contributed by atoms with E-state index in [9.17, 15) is 13.2 Å². The summed E-state index contributed by atoms with van der Waals surface area (Å²) in [5.41, 5.74) is 0.417. The summed E-state index contributed by atoms with van der Waals surface area (Å²) in [5, 5.41) is 8.81. The van der Waals surface area contributed by atoms with Crippen molar-refractivity contribution in [1.82, 2.24) is 4.47 Å². The summed E-state index contributed by atoms with van der Waals surface area (Å²) < 4.78 is 24.2. The maximum atomic E-state index is 11.8. The van der Waals surface area contributed by atoms with Crippen LogP contribution in [0.4, 0.5) is 0 Å². The Morgan fingerprint density at radius 2 is 2.12 bits per heavy atom. The molecule has 0 aliphatic carbocycles. The van der Waals surface area contributed by atoms with Gasteiger partial charge in [0.25, 0.3) is 10.0 Å². The number of hydrogen-bond acceptors (Lipinski definition) is 5. The zero-order chi connectivity index (χ0) is 12.5. The van der Waals surface area contributed by atoms with E-state index in [2.05, 4.69) is 4.84 Å². The molecule has 1 aromatic heterocycles. The molecular formula is C8H11NO5S2. The molecule has 0 fully saturated rings. The Kier molecular flexibility index (Phi) is 3.68. The number of hydroxylamine groups is 1. The highest BCUT2D eigenvalue weighted by molar-refractivity contribution is 7.91. The van der Waals surface area contributed by atoms with Crippen LogP contribution in [0.2, 0.25) is 0 Å². The van der Waals surface area contributed by atoms with Gasteiger partial charge in [0.15, 0.2) is 0 Å². The van der Waals surface area contributed by atoms with Crippen molar-refractivity contribution in [3.63, 3.8) is 0 Å². The first kappa shape index (κ1) is 13.1. The van der Waals surface area contributed by atoms with E-state index in [-0.39, 0.29) is 9.09 Å². The van der Waals surface area contributed by atoms with Crippen molar-refractivity contribution < 1.29 is 23.2 Å². The molecule has 1 rings (SSSR count). The zero-order valence-electron chi connectivity index (χ0n) is 8.92. The third kappa shape index (κ3) is 2.24. The van der Waals surface area contributed by atoms with Crippen LogP contribution < -0.4 is 0 Å². The number of aryl methyl sites for hydroxylation is 1. The molecule has 0 atom stereocenters. The molecule has 0 amide bonds. The van der Waals surface area contributed by atoms with Crippen LogP contribution in [0.3, 0.4) is 0 Å². The first-order valence-corrected chi connectivity index (χ1v) is 6.43. The van der Waals surface area contributed by atoms with Crippen LogP contribution in [0.5, 0.6) is 0 Å². The van der Waals surface area contributed by atoms with Gasteiger partial charge >= 0.3 is 5.97 Å². The second kappa shape index (κ2) is 4.50. The lowest BCUT2D eigenvalue weighted by atomic mass is 10.3. The zero-order valence-corrected chi connectivity index (χ0v) is 10.6. The molecule has 0 aliphatic rings. The van der Waals surface area contributed by atoms with E-state index in [1.807, 2.05) is 0 Å². The van der Waals surface area contributed by atoms with E-state index in [1.54, 1.807) is 6.92 Å². The van der Waals surface area contributed by atoms with Crippen molar-refractivity contribution >= 4 is 27.3 Å². The van der Waals surface area contributed by atoms with Crippen molar-refractivity contribution in [3.05, 3.63) is 16.5 Å². The van der Waals surface area contributed by atoms with Crippen LogP contribution in [0, 0.1) is 6.92 Å². The van der Waals surface area contributed by atoms with E-state index >= 15 is 0 Å². The molecule has 0 spiro atoms. The molecule has 0 aromatic carbocycles. The predicted octanol–water partition coefficient (Wildman–Crippen LogP) is 0.937. The predicted molar refractivity (Wildman–Crippen MR) is 58.0 cm³/mol. The number of rotatable bonds is 4. The Bertz CT molecular complexity index is 504. The minimum absolute atomic E-state index is 0.0167. The lowest BCUT2D eigenvalue weighted by Gasteiger charge is -2.11. The molecule has 1 aromatic rings. The Morgan fingerprint density at radius 1 is 1.56 bits per heavy atom. The third-order valence-corrected chi connectivity index (χ3v) is 5.29. The fourth-order valence-electron chi connectivity index (χ4n) is 1.02. The number of carboxylic acids is 1. The van der Waals surface area contributed by atoms with Gasteiger partial charge in [-0.05, 0) is 18.6 Å². The van der Waals surface area contributed by atoms with E-state index in [0.717, 1.165) is 0 Å². The van der Waals surface area contributed by atoms with Crippen LogP contribution in [-0.2, 0) is 14.9 Å². The smallest absolute Gasteiger partial charge is 0.346 e. The molecule has 90 valence electrons. The largest absolute Gasteiger partial charge is 0.477 e. The average molecular weight is 265 g/mol. The van der Waals surface area contributed by atoms with Crippen molar-refractivity contribution in [2.24, 2.45) is 0 Å². The molecule has 0 saturated carbocycles. The molecule has 0 bridgehead atoms. The monoisotopic (exact) mass is 265 g/mol. The molecule has 0 radical (unpaired) electrons. The number of carboxylic acid groups (broad SMARTS) is 1. The minimum Gasteiger partial charge on any atom is -0.477 e. The maximum Gasteiger partial charge on any atom is 0.346 e. The van der Waals surface area contributed by atoms with Gasteiger partial charge in [-0.2, -0.15) is 0 Å². The van der Waals surface area contributed by atoms with E-state index in [0.29, 0.717) is 21.4 Å². The summed E-state index contributed by atoms with van der Waals surface area (Å²) in [4.78, 5) is 15.4.